The van der Waals surface area contributed by atoms with Crippen molar-refractivity contribution >= 4 is 21.9 Å². The lowest BCUT2D eigenvalue weighted by Crippen LogP contribution is -2.49. The number of carboxylic acid groups (broad SMARTS) is 1. The molecule has 1 saturated carbocycles. The molecule has 10 nitrogen and oxygen atoms in total. The van der Waals surface area contributed by atoms with E-state index in [1.165, 1.54) is 18.2 Å². The summed E-state index contributed by atoms with van der Waals surface area (Å²) >= 11 is 0. The number of aryl methyl sites for hydroxylation is 2. The predicted molar refractivity (Wildman–Crippen MR) is 157 cm³/mol. The number of ether oxygens (including phenoxy) is 1. The maximum atomic E-state index is 13.2. The molecular formula is C30H38N4O6S. The first kappa shape index (κ1) is 30.4. The summed E-state index contributed by atoms with van der Waals surface area (Å²) in [5, 5.41) is 22.3. The zero-order valence-corrected chi connectivity index (χ0v) is 24.6. The van der Waals surface area contributed by atoms with Gasteiger partial charge in [0.05, 0.1) is 16.2 Å². The van der Waals surface area contributed by atoms with Crippen molar-refractivity contribution in [1.29, 1.82) is 0 Å². The van der Waals surface area contributed by atoms with E-state index in [1.807, 2.05) is 32.0 Å². The number of carboxylic acids is 1. The molecule has 4 rings (SSSR count). The van der Waals surface area contributed by atoms with Crippen LogP contribution in [0, 0.1) is 25.7 Å². The van der Waals surface area contributed by atoms with Crippen molar-refractivity contribution < 1.29 is 28.2 Å². The molecule has 41 heavy (non-hydrogen) atoms. The highest BCUT2D eigenvalue weighted by atomic mass is 32.2. The number of aromatic carboxylic acids is 1. The Morgan fingerprint density at radius 2 is 1.76 bits per heavy atom. The molecule has 1 unspecified atom stereocenters. The minimum Gasteiger partial charge on any atom is -0.478 e. The first-order valence-corrected chi connectivity index (χ1v) is 15.2. The van der Waals surface area contributed by atoms with Crippen molar-refractivity contribution in [2.75, 3.05) is 17.9 Å². The van der Waals surface area contributed by atoms with Gasteiger partial charge in [-0.1, -0.05) is 38.1 Å². The van der Waals surface area contributed by atoms with Crippen molar-refractivity contribution in [2.45, 2.75) is 63.9 Å². The number of rotatable bonds is 13. The minimum absolute atomic E-state index is 0.0390. The maximum absolute atomic E-state index is 13.2. The number of aromatic nitrogens is 2. The number of hydrogen-bond donors (Lipinski definition) is 4. The molecule has 11 heteroatoms. The summed E-state index contributed by atoms with van der Waals surface area (Å²) in [4.78, 5) is 20.1. The molecule has 0 aliphatic heterocycles. The topological polar surface area (TPSA) is 151 Å². The monoisotopic (exact) mass is 582 g/mol. The van der Waals surface area contributed by atoms with Crippen molar-refractivity contribution in [3.63, 3.8) is 0 Å². The minimum atomic E-state index is -4.20. The van der Waals surface area contributed by atoms with E-state index in [1.54, 1.807) is 6.07 Å². The second-order valence-electron chi connectivity index (χ2n) is 11.1. The Morgan fingerprint density at radius 1 is 1.07 bits per heavy atom. The smallest absolute Gasteiger partial charge is 0.335 e. The molecule has 1 atom stereocenters. The number of nitrogens with zero attached hydrogens (tertiary/aromatic N) is 2. The third-order valence-corrected chi connectivity index (χ3v) is 8.54. The molecule has 2 aromatic carbocycles. The summed E-state index contributed by atoms with van der Waals surface area (Å²) in [6.45, 7) is 8.70. The quantitative estimate of drug-likeness (QED) is 0.230. The van der Waals surface area contributed by atoms with E-state index in [0.29, 0.717) is 30.2 Å². The van der Waals surface area contributed by atoms with E-state index < -0.39 is 16.0 Å². The summed E-state index contributed by atoms with van der Waals surface area (Å²) in [7, 11) is -4.20. The van der Waals surface area contributed by atoms with Crippen LogP contribution in [0.25, 0.3) is 11.3 Å². The molecule has 1 fully saturated rings. The average Bonchev–Trinajstić information content (AvgIpc) is 2.88. The van der Waals surface area contributed by atoms with Gasteiger partial charge < -0.3 is 20.3 Å². The van der Waals surface area contributed by atoms with Crippen LogP contribution in [-0.2, 0) is 10.0 Å². The number of anilines is 1. The molecule has 0 bridgehead atoms. The van der Waals surface area contributed by atoms with Crippen LogP contribution in [0.3, 0.4) is 0 Å². The van der Waals surface area contributed by atoms with Crippen LogP contribution in [-0.4, -0.2) is 59.9 Å². The largest absolute Gasteiger partial charge is 0.478 e. The van der Waals surface area contributed by atoms with Gasteiger partial charge in [0, 0.05) is 30.3 Å². The number of aliphatic hydroxyl groups is 1. The molecule has 1 heterocycles. The van der Waals surface area contributed by atoms with Gasteiger partial charge in [-0.05, 0) is 74.3 Å². The van der Waals surface area contributed by atoms with Crippen LogP contribution in [0.1, 0.15) is 54.6 Å². The summed E-state index contributed by atoms with van der Waals surface area (Å²) in [6.07, 6.45) is 2.71. The van der Waals surface area contributed by atoms with Crippen LogP contribution < -0.4 is 14.8 Å². The SMILES string of the molecule is Cc1cccc(C)c1-c1cc(OCC(CC(C)C)NC2CC(CO)C2)nc(NS(=O)(=O)c2cccc(C(=O)O)c2)n1. The number of carbonyl (C=O) groups is 1. The lowest BCUT2D eigenvalue weighted by atomic mass is 9.80. The maximum Gasteiger partial charge on any atom is 0.335 e. The van der Waals surface area contributed by atoms with Crippen LogP contribution in [0.4, 0.5) is 5.95 Å². The normalized spacial score (nSPS) is 17.6. The van der Waals surface area contributed by atoms with Gasteiger partial charge in [0.25, 0.3) is 10.0 Å². The zero-order chi connectivity index (χ0) is 29.7. The van der Waals surface area contributed by atoms with Gasteiger partial charge in [-0.25, -0.2) is 22.9 Å². The van der Waals surface area contributed by atoms with E-state index in [4.69, 9.17) is 4.74 Å². The Labute approximate surface area is 241 Å². The van der Waals surface area contributed by atoms with Crippen LogP contribution in [0.2, 0.25) is 0 Å². The Bertz CT molecular complexity index is 1470. The van der Waals surface area contributed by atoms with Crippen molar-refractivity contribution in [3.05, 3.63) is 65.2 Å². The Morgan fingerprint density at radius 3 is 2.39 bits per heavy atom. The number of sulfonamides is 1. The summed E-state index contributed by atoms with van der Waals surface area (Å²) in [5.74, 6) is -0.443. The molecule has 0 spiro atoms. The Balaban J connectivity index is 1.64. The van der Waals surface area contributed by atoms with Crippen LogP contribution in [0.5, 0.6) is 5.88 Å². The second-order valence-corrected chi connectivity index (χ2v) is 12.8. The van der Waals surface area contributed by atoms with Crippen LogP contribution >= 0.6 is 0 Å². The lowest BCUT2D eigenvalue weighted by Gasteiger charge is -2.37. The first-order chi connectivity index (χ1) is 19.4. The van der Waals surface area contributed by atoms with E-state index >= 15 is 0 Å². The van der Waals surface area contributed by atoms with E-state index in [9.17, 15) is 23.4 Å². The summed E-state index contributed by atoms with van der Waals surface area (Å²) in [5.41, 5.74) is 3.11. The lowest BCUT2D eigenvalue weighted by molar-refractivity contribution is 0.0696. The van der Waals surface area contributed by atoms with Gasteiger partial charge in [-0.15, -0.1) is 0 Å². The fraction of sp³-hybridized carbons (Fsp3) is 0.433. The summed E-state index contributed by atoms with van der Waals surface area (Å²) in [6, 6.07) is 13.0. The second kappa shape index (κ2) is 13.0. The highest BCUT2D eigenvalue weighted by molar-refractivity contribution is 7.92. The molecule has 0 radical (unpaired) electrons. The zero-order valence-electron chi connectivity index (χ0n) is 23.8. The average molecular weight is 583 g/mol. The highest BCUT2D eigenvalue weighted by Gasteiger charge is 2.30. The van der Waals surface area contributed by atoms with Gasteiger partial charge in [0.15, 0.2) is 0 Å². The van der Waals surface area contributed by atoms with Gasteiger partial charge in [-0.2, -0.15) is 4.98 Å². The fourth-order valence-corrected chi connectivity index (χ4v) is 6.15. The Hall–Kier alpha value is -3.54. The van der Waals surface area contributed by atoms with Gasteiger partial charge in [-0.3, -0.25) is 0 Å². The number of hydrogen-bond acceptors (Lipinski definition) is 8. The van der Waals surface area contributed by atoms with E-state index in [0.717, 1.165) is 42.0 Å². The van der Waals surface area contributed by atoms with Gasteiger partial charge in [0.1, 0.15) is 6.61 Å². The van der Waals surface area contributed by atoms with Crippen molar-refractivity contribution in [1.82, 2.24) is 15.3 Å². The third kappa shape index (κ3) is 7.81. The van der Waals surface area contributed by atoms with E-state index in [2.05, 4.69) is 33.9 Å². The van der Waals surface area contributed by atoms with Crippen LogP contribution in [0.15, 0.2) is 53.4 Å². The number of benzene rings is 2. The van der Waals surface area contributed by atoms with Crippen molar-refractivity contribution in [2.24, 2.45) is 11.8 Å². The van der Waals surface area contributed by atoms with E-state index in [-0.39, 0.29) is 34.9 Å². The molecule has 1 aromatic heterocycles. The number of nitrogens with one attached hydrogen (secondary N) is 2. The molecule has 1 aliphatic rings. The molecule has 1 aliphatic carbocycles. The summed E-state index contributed by atoms with van der Waals surface area (Å²) < 4.78 is 35.0. The van der Waals surface area contributed by atoms with Crippen molar-refractivity contribution in [3.8, 4) is 17.1 Å². The fourth-order valence-electron chi connectivity index (χ4n) is 5.16. The van der Waals surface area contributed by atoms with Gasteiger partial charge in [0.2, 0.25) is 11.8 Å². The molecule has 0 amide bonds. The highest BCUT2D eigenvalue weighted by Crippen LogP contribution is 2.30. The first-order valence-electron chi connectivity index (χ1n) is 13.8. The standard InChI is InChI=1S/C30H38N4O6S/c1-18(2)11-24(31-23-12-21(13-23)16-35)17-40-27-15-26(28-19(3)7-5-8-20(28)4)32-30(33-27)34-41(38,39)25-10-6-9-22(14-25)29(36)37/h5-10,14-15,18,21,23-24,31,35H,11-13,16-17H2,1-4H3,(H,36,37)(H,32,33,34). The molecule has 3 aromatic rings. The molecule has 4 N–H and O–H groups in total. The Kier molecular flexibility index (Phi) is 9.62. The molecule has 0 saturated heterocycles. The number of aliphatic hydroxyl groups excluding tert-OH is 1. The molecular weight excluding hydrogens is 544 g/mol. The predicted octanol–water partition coefficient (Wildman–Crippen LogP) is 4.41. The van der Waals surface area contributed by atoms with Gasteiger partial charge >= 0.3 is 5.97 Å². The molecule has 220 valence electrons. The third-order valence-electron chi connectivity index (χ3n) is 7.21.